The lowest BCUT2D eigenvalue weighted by Gasteiger charge is -2.21. The Morgan fingerprint density at radius 1 is 1.38 bits per heavy atom. The zero-order chi connectivity index (χ0) is 17.3. The number of nitrogens with zero attached hydrogens (tertiary/aromatic N) is 3. The number of anilines is 1. The molecule has 3 rings (SSSR count). The molecule has 1 heterocycles. The highest BCUT2D eigenvalue weighted by Crippen LogP contribution is 2.40. The summed E-state index contributed by atoms with van der Waals surface area (Å²) < 4.78 is 4.81. The van der Waals surface area contributed by atoms with Gasteiger partial charge in [-0.15, -0.1) is 0 Å². The third kappa shape index (κ3) is 3.51. The van der Waals surface area contributed by atoms with Gasteiger partial charge >= 0.3 is 5.97 Å². The van der Waals surface area contributed by atoms with Crippen molar-refractivity contribution in [3.63, 3.8) is 0 Å². The summed E-state index contributed by atoms with van der Waals surface area (Å²) >= 11 is 6.40. The van der Waals surface area contributed by atoms with E-state index in [2.05, 4.69) is 35.1 Å². The minimum atomic E-state index is -0.533. The van der Waals surface area contributed by atoms with Crippen LogP contribution in [0.3, 0.4) is 0 Å². The Morgan fingerprint density at radius 2 is 2.12 bits per heavy atom. The van der Waals surface area contributed by atoms with Crippen LogP contribution >= 0.6 is 11.6 Å². The largest absolute Gasteiger partial charge is 0.464 e. The Kier molecular flexibility index (Phi) is 4.71. The van der Waals surface area contributed by atoms with Crippen molar-refractivity contribution in [1.82, 2.24) is 9.97 Å². The lowest BCUT2D eigenvalue weighted by molar-refractivity contribution is 0.0593. The van der Waals surface area contributed by atoms with Gasteiger partial charge in [-0.2, -0.15) is 0 Å². The first-order chi connectivity index (χ1) is 11.5. The first-order valence-electron chi connectivity index (χ1n) is 7.92. The first-order valence-corrected chi connectivity index (χ1v) is 8.30. The first kappa shape index (κ1) is 16.7. The van der Waals surface area contributed by atoms with E-state index in [9.17, 15) is 4.79 Å². The monoisotopic (exact) mass is 345 g/mol. The van der Waals surface area contributed by atoms with Crippen LogP contribution in [0.5, 0.6) is 0 Å². The third-order valence-electron chi connectivity index (χ3n) is 4.04. The van der Waals surface area contributed by atoms with E-state index >= 15 is 0 Å². The number of aryl methyl sites for hydroxylation is 1. The molecular formula is C18H20ClN3O2. The molecule has 0 radical (unpaired) electrons. The van der Waals surface area contributed by atoms with E-state index in [0.717, 1.165) is 18.4 Å². The quantitative estimate of drug-likeness (QED) is 0.773. The summed E-state index contributed by atoms with van der Waals surface area (Å²) in [4.78, 5) is 22.9. The summed E-state index contributed by atoms with van der Waals surface area (Å²) in [6.45, 7) is 2.70. The van der Waals surface area contributed by atoms with E-state index in [1.54, 1.807) is 0 Å². The molecule has 5 nitrogen and oxygen atoms in total. The van der Waals surface area contributed by atoms with Crippen molar-refractivity contribution in [3.05, 3.63) is 51.9 Å². The molecule has 1 fully saturated rings. The number of carbonyl (C=O) groups excluding carboxylic acids is 1. The fraction of sp³-hybridized carbons (Fsp3) is 0.389. The number of aromatic nitrogens is 2. The number of ether oxygens (including phenoxy) is 1. The van der Waals surface area contributed by atoms with Crippen LogP contribution in [-0.4, -0.2) is 30.1 Å². The molecular weight excluding hydrogens is 326 g/mol. The van der Waals surface area contributed by atoms with Crippen molar-refractivity contribution < 1.29 is 9.53 Å². The number of hydrogen-bond donors (Lipinski definition) is 0. The van der Waals surface area contributed by atoms with Crippen molar-refractivity contribution in [1.29, 1.82) is 0 Å². The van der Waals surface area contributed by atoms with E-state index in [0.29, 0.717) is 24.1 Å². The van der Waals surface area contributed by atoms with Gasteiger partial charge in [0.2, 0.25) is 0 Å². The summed E-state index contributed by atoms with van der Waals surface area (Å²) in [6, 6.07) is 8.26. The second-order valence-corrected chi connectivity index (χ2v) is 6.56. The van der Waals surface area contributed by atoms with Gasteiger partial charge in [-0.1, -0.05) is 41.4 Å². The van der Waals surface area contributed by atoms with Gasteiger partial charge in [0.15, 0.2) is 11.5 Å². The number of carbonyl (C=O) groups is 1. The van der Waals surface area contributed by atoms with Crippen molar-refractivity contribution in [2.75, 3.05) is 19.1 Å². The number of hydrogen-bond acceptors (Lipinski definition) is 5. The van der Waals surface area contributed by atoms with Crippen LogP contribution in [0.15, 0.2) is 24.3 Å². The Hall–Kier alpha value is -2.14. The summed E-state index contributed by atoms with van der Waals surface area (Å²) in [5.41, 5.74) is 2.49. The molecule has 0 saturated heterocycles. The van der Waals surface area contributed by atoms with Crippen LogP contribution in [0.25, 0.3) is 0 Å². The second kappa shape index (κ2) is 6.77. The Morgan fingerprint density at radius 3 is 2.75 bits per heavy atom. The molecule has 24 heavy (non-hydrogen) atoms. The van der Waals surface area contributed by atoms with E-state index < -0.39 is 5.97 Å². The molecule has 0 spiro atoms. The molecule has 0 unspecified atom stereocenters. The average Bonchev–Trinajstić information content (AvgIpc) is 3.39. The fourth-order valence-electron chi connectivity index (χ4n) is 2.62. The van der Waals surface area contributed by atoms with E-state index in [1.165, 1.54) is 12.7 Å². The van der Waals surface area contributed by atoms with Gasteiger partial charge in [0.25, 0.3) is 0 Å². The maximum absolute atomic E-state index is 12.0. The maximum atomic E-state index is 12.0. The summed E-state index contributed by atoms with van der Waals surface area (Å²) in [6.07, 6.45) is 2.09. The van der Waals surface area contributed by atoms with Crippen molar-refractivity contribution >= 4 is 23.4 Å². The predicted molar refractivity (Wildman–Crippen MR) is 93.6 cm³/mol. The van der Waals surface area contributed by atoms with E-state index in [-0.39, 0.29) is 10.7 Å². The van der Waals surface area contributed by atoms with Crippen LogP contribution in [-0.2, 0) is 11.3 Å². The molecule has 0 atom stereocenters. The molecule has 126 valence electrons. The summed E-state index contributed by atoms with van der Waals surface area (Å²) in [5, 5.41) is 0.237. The molecule has 0 aliphatic heterocycles. The van der Waals surface area contributed by atoms with Gasteiger partial charge in [0.1, 0.15) is 10.8 Å². The number of halogens is 1. The van der Waals surface area contributed by atoms with Crippen LogP contribution in [0.4, 0.5) is 5.82 Å². The van der Waals surface area contributed by atoms with Gasteiger partial charge in [-0.3, -0.25) is 0 Å². The average molecular weight is 346 g/mol. The Balaban J connectivity index is 1.96. The third-order valence-corrected chi connectivity index (χ3v) is 4.38. The zero-order valence-corrected chi connectivity index (χ0v) is 14.8. The maximum Gasteiger partial charge on any atom is 0.358 e. The van der Waals surface area contributed by atoms with E-state index in [4.69, 9.17) is 16.3 Å². The van der Waals surface area contributed by atoms with Crippen molar-refractivity contribution in [3.8, 4) is 0 Å². The highest BCUT2D eigenvalue weighted by Gasteiger charge is 2.30. The number of methoxy groups -OCH3 is 1. The van der Waals surface area contributed by atoms with Crippen LogP contribution in [0, 0.1) is 6.92 Å². The van der Waals surface area contributed by atoms with Crippen LogP contribution < -0.4 is 4.90 Å². The lowest BCUT2D eigenvalue weighted by Crippen LogP contribution is -2.21. The normalized spacial score (nSPS) is 13.7. The van der Waals surface area contributed by atoms with Gasteiger partial charge in [-0.05, 0) is 25.3 Å². The molecule has 6 heteroatoms. The topological polar surface area (TPSA) is 55.3 Å². The predicted octanol–water partition coefficient (Wildman–Crippen LogP) is 3.74. The van der Waals surface area contributed by atoms with Gasteiger partial charge in [0, 0.05) is 19.5 Å². The number of rotatable bonds is 5. The number of benzene rings is 1. The van der Waals surface area contributed by atoms with E-state index in [1.807, 2.05) is 18.0 Å². The molecule has 0 N–H and O–H groups in total. The fourth-order valence-corrected chi connectivity index (χ4v) is 2.93. The molecule has 1 saturated carbocycles. The minimum Gasteiger partial charge on any atom is -0.464 e. The smallest absolute Gasteiger partial charge is 0.358 e. The van der Waals surface area contributed by atoms with Crippen LogP contribution in [0.1, 0.15) is 46.2 Å². The Labute approximate surface area is 146 Å². The standard InChI is InChI=1S/C18H20ClN3O2/c1-11-5-4-6-12(9-11)10-22(2)17-14(19)15(18(23)24-3)20-16(21-17)13-7-8-13/h4-6,9,13H,7-8,10H2,1-3H3. The zero-order valence-electron chi connectivity index (χ0n) is 14.0. The molecule has 0 bridgehead atoms. The van der Waals surface area contributed by atoms with Gasteiger partial charge < -0.3 is 9.64 Å². The van der Waals surface area contributed by atoms with Crippen molar-refractivity contribution in [2.45, 2.75) is 32.2 Å². The summed E-state index contributed by atoms with van der Waals surface area (Å²) in [7, 11) is 3.24. The van der Waals surface area contributed by atoms with Crippen molar-refractivity contribution in [2.24, 2.45) is 0 Å². The summed E-state index contributed by atoms with van der Waals surface area (Å²) in [5.74, 6) is 1.02. The lowest BCUT2D eigenvalue weighted by atomic mass is 10.1. The molecule has 0 amide bonds. The molecule has 1 aromatic carbocycles. The van der Waals surface area contributed by atoms with Gasteiger partial charge in [0.05, 0.1) is 7.11 Å². The van der Waals surface area contributed by atoms with Crippen LogP contribution in [0.2, 0.25) is 5.02 Å². The molecule has 1 aliphatic carbocycles. The minimum absolute atomic E-state index is 0.141. The molecule has 2 aromatic rings. The highest BCUT2D eigenvalue weighted by molar-refractivity contribution is 6.35. The Bertz CT molecular complexity index is 775. The molecule has 1 aliphatic rings. The molecule has 1 aromatic heterocycles. The van der Waals surface area contributed by atoms with Gasteiger partial charge in [-0.25, -0.2) is 14.8 Å². The second-order valence-electron chi connectivity index (χ2n) is 6.18. The number of esters is 1. The highest BCUT2D eigenvalue weighted by atomic mass is 35.5. The SMILES string of the molecule is COC(=O)c1nc(C2CC2)nc(N(C)Cc2cccc(C)c2)c1Cl.